The van der Waals surface area contributed by atoms with Crippen LogP contribution in [0, 0.1) is 0 Å². The number of thioether (sulfide) groups is 1. The number of amides is 1. The Bertz CT molecular complexity index is 636. The van der Waals surface area contributed by atoms with Gasteiger partial charge in [-0.3, -0.25) is 4.79 Å². The molecular formula is C15H20N4OS. The van der Waals surface area contributed by atoms with Crippen LogP contribution in [0.1, 0.15) is 24.3 Å². The molecule has 6 heteroatoms. The zero-order valence-electron chi connectivity index (χ0n) is 12.5. The van der Waals surface area contributed by atoms with Crippen molar-refractivity contribution in [2.75, 3.05) is 18.5 Å². The number of para-hydroxylation sites is 2. The third-order valence-corrected chi connectivity index (χ3v) is 4.48. The van der Waals surface area contributed by atoms with Crippen LogP contribution in [0.15, 0.2) is 36.5 Å². The predicted molar refractivity (Wildman–Crippen MR) is 87.9 cm³/mol. The SMILES string of the molecule is CSC(C)(C)CNC(=O)c1ccn(-c2ccccc2N)n1. The van der Waals surface area contributed by atoms with Gasteiger partial charge in [-0.2, -0.15) is 16.9 Å². The molecule has 1 heterocycles. The van der Waals surface area contributed by atoms with Crippen LogP contribution in [0.25, 0.3) is 5.69 Å². The number of nitrogens with two attached hydrogens (primary N) is 1. The Morgan fingerprint density at radius 3 is 2.76 bits per heavy atom. The molecule has 21 heavy (non-hydrogen) atoms. The largest absolute Gasteiger partial charge is 0.397 e. The molecule has 0 radical (unpaired) electrons. The molecule has 1 aromatic heterocycles. The molecule has 2 rings (SSSR count). The Morgan fingerprint density at radius 2 is 2.10 bits per heavy atom. The average Bonchev–Trinajstić information content (AvgIpc) is 2.95. The van der Waals surface area contributed by atoms with E-state index in [2.05, 4.69) is 24.3 Å². The molecule has 0 unspecified atom stereocenters. The molecule has 1 amide bonds. The second kappa shape index (κ2) is 6.22. The minimum atomic E-state index is -0.176. The smallest absolute Gasteiger partial charge is 0.271 e. The zero-order chi connectivity index (χ0) is 15.5. The lowest BCUT2D eigenvalue weighted by atomic mass is 10.2. The second-order valence-corrected chi connectivity index (χ2v) is 6.86. The van der Waals surface area contributed by atoms with Crippen LogP contribution in [-0.2, 0) is 0 Å². The molecule has 0 fully saturated rings. The first-order valence-corrected chi connectivity index (χ1v) is 7.89. The van der Waals surface area contributed by atoms with Gasteiger partial charge in [0.2, 0.25) is 0 Å². The fourth-order valence-corrected chi connectivity index (χ4v) is 1.95. The van der Waals surface area contributed by atoms with Crippen molar-refractivity contribution in [3.63, 3.8) is 0 Å². The van der Waals surface area contributed by atoms with E-state index >= 15 is 0 Å². The Kier molecular flexibility index (Phi) is 4.57. The van der Waals surface area contributed by atoms with E-state index in [4.69, 9.17) is 5.73 Å². The quantitative estimate of drug-likeness (QED) is 0.832. The Labute approximate surface area is 128 Å². The summed E-state index contributed by atoms with van der Waals surface area (Å²) < 4.78 is 1.62. The molecule has 0 bridgehead atoms. The van der Waals surface area contributed by atoms with Crippen LogP contribution in [0.5, 0.6) is 0 Å². The van der Waals surface area contributed by atoms with Crippen LogP contribution in [0.4, 0.5) is 5.69 Å². The summed E-state index contributed by atoms with van der Waals surface area (Å²) in [6.07, 6.45) is 3.76. The topological polar surface area (TPSA) is 72.9 Å². The van der Waals surface area contributed by atoms with Gasteiger partial charge < -0.3 is 11.1 Å². The summed E-state index contributed by atoms with van der Waals surface area (Å²) in [4.78, 5) is 12.1. The Hall–Kier alpha value is -1.95. The van der Waals surface area contributed by atoms with E-state index in [1.807, 2.05) is 24.5 Å². The normalized spacial score (nSPS) is 11.4. The number of nitrogens with one attached hydrogen (secondary N) is 1. The minimum Gasteiger partial charge on any atom is -0.397 e. The van der Waals surface area contributed by atoms with Gasteiger partial charge in [0, 0.05) is 17.5 Å². The molecule has 0 saturated carbocycles. The highest BCUT2D eigenvalue weighted by Crippen LogP contribution is 2.20. The second-order valence-electron chi connectivity index (χ2n) is 5.35. The summed E-state index contributed by atoms with van der Waals surface area (Å²) >= 11 is 1.71. The van der Waals surface area contributed by atoms with Crippen molar-refractivity contribution in [3.05, 3.63) is 42.2 Å². The first-order valence-electron chi connectivity index (χ1n) is 6.67. The summed E-state index contributed by atoms with van der Waals surface area (Å²) in [5.41, 5.74) is 7.68. The molecule has 112 valence electrons. The lowest BCUT2D eigenvalue weighted by Crippen LogP contribution is -2.36. The number of anilines is 1. The van der Waals surface area contributed by atoms with E-state index in [9.17, 15) is 4.79 Å². The van der Waals surface area contributed by atoms with Crippen LogP contribution in [0.3, 0.4) is 0 Å². The van der Waals surface area contributed by atoms with Gasteiger partial charge >= 0.3 is 0 Å². The van der Waals surface area contributed by atoms with Crippen molar-refractivity contribution in [2.45, 2.75) is 18.6 Å². The molecule has 2 aromatic rings. The molecule has 0 atom stereocenters. The Balaban J connectivity index is 2.10. The van der Waals surface area contributed by atoms with E-state index in [0.29, 0.717) is 17.9 Å². The van der Waals surface area contributed by atoms with Gasteiger partial charge in [-0.25, -0.2) is 4.68 Å². The number of nitrogens with zero attached hydrogens (tertiary/aromatic N) is 2. The first kappa shape index (κ1) is 15.4. The number of carbonyl (C=O) groups is 1. The average molecular weight is 304 g/mol. The summed E-state index contributed by atoms with van der Waals surface area (Å²) in [5.74, 6) is -0.176. The molecule has 0 saturated heterocycles. The van der Waals surface area contributed by atoms with Crippen molar-refractivity contribution in [3.8, 4) is 5.69 Å². The van der Waals surface area contributed by atoms with E-state index in [0.717, 1.165) is 5.69 Å². The minimum absolute atomic E-state index is 0.00207. The van der Waals surface area contributed by atoms with Gasteiger partial charge in [0.25, 0.3) is 5.91 Å². The fraction of sp³-hybridized carbons (Fsp3) is 0.333. The standard InChI is InChI=1S/C15H20N4OS/c1-15(2,21-3)10-17-14(20)12-8-9-19(18-12)13-7-5-4-6-11(13)16/h4-9H,10,16H2,1-3H3,(H,17,20). The van der Waals surface area contributed by atoms with Gasteiger partial charge in [0.1, 0.15) is 0 Å². The maximum Gasteiger partial charge on any atom is 0.271 e. The van der Waals surface area contributed by atoms with Crippen molar-refractivity contribution in [1.82, 2.24) is 15.1 Å². The lowest BCUT2D eigenvalue weighted by molar-refractivity contribution is 0.0945. The molecule has 3 N–H and O–H groups in total. The number of aromatic nitrogens is 2. The third-order valence-electron chi connectivity index (χ3n) is 3.23. The fourth-order valence-electron chi connectivity index (χ4n) is 1.73. The summed E-state index contributed by atoms with van der Waals surface area (Å²) in [5, 5.41) is 7.19. The zero-order valence-corrected chi connectivity index (χ0v) is 13.3. The highest BCUT2D eigenvalue weighted by molar-refractivity contribution is 7.99. The van der Waals surface area contributed by atoms with Gasteiger partial charge in [0.15, 0.2) is 5.69 Å². The number of hydrogen-bond acceptors (Lipinski definition) is 4. The van der Waals surface area contributed by atoms with Crippen molar-refractivity contribution < 1.29 is 4.79 Å². The lowest BCUT2D eigenvalue weighted by Gasteiger charge is -2.21. The number of nitrogen functional groups attached to an aromatic ring is 1. The van der Waals surface area contributed by atoms with Gasteiger partial charge in [-0.15, -0.1) is 0 Å². The van der Waals surface area contributed by atoms with E-state index < -0.39 is 0 Å². The third kappa shape index (κ3) is 3.78. The molecule has 1 aromatic carbocycles. The molecule has 0 aliphatic rings. The van der Waals surface area contributed by atoms with Crippen LogP contribution >= 0.6 is 11.8 Å². The number of benzene rings is 1. The summed E-state index contributed by atoms with van der Waals surface area (Å²) in [6, 6.07) is 9.10. The van der Waals surface area contributed by atoms with Crippen LogP contribution in [0.2, 0.25) is 0 Å². The maximum absolute atomic E-state index is 12.1. The van der Waals surface area contributed by atoms with E-state index in [1.165, 1.54) is 0 Å². The summed E-state index contributed by atoms with van der Waals surface area (Å²) in [6.45, 7) is 4.76. The van der Waals surface area contributed by atoms with Gasteiger partial charge in [0.05, 0.1) is 11.4 Å². The van der Waals surface area contributed by atoms with E-state index in [-0.39, 0.29) is 10.7 Å². The van der Waals surface area contributed by atoms with Gasteiger partial charge in [-0.1, -0.05) is 12.1 Å². The molecule has 0 aliphatic heterocycles. The highest BCUT2D eigenvalue weighted by Gasteiger charge is 2.18. The highest BCUT2D eigenvalue weighted by atomic mass is 32.2. The van der Waals surface area contributed by atoms with Crippen molar-refractivity contribution in [1.29, 1.82) is 0 Å². The van der Waals surface area contributed by atoms with Crippen LogP contribution in [-0.4, -0.2) is 33.2 Å². The molecule has 0 spiro atoms. The molecule has 0 aliphatic carbocycles. The molecular weight excluding hydrogens is 284 g/mol. The van der Waals surface area contributed by atoms with Crippen molar-refractivity contribution >= 4 is 23.4 Å². The molecule has 5 nitrogen and oxygen atoms in total. The maximum atomic E-state index is 12.1. The number of hydrogen-bond donors (Lipinski definition) is 2. The van der Waals surface area contributed by atoms with E-state index in [1.54, 1.807) is 34.8 Å². The first-order chi connectivity index (χ1) is 9.93. The van der Waals surface area contributed by atoms with Crippen molar-refractivity contribution in [2.24, 2.45) is 0 Å². The number of rotatable bonds is 5. The monoisotopic (exact) mass is 304 g/mol. The Morgan fingerprint density at radius 1 is 1.38 bits per heavy atom. The van der Waals surface area contributed by atoms with Crippen LogP contribution < -0.4 is 11.1 Å². The predicted octanol–water partition coefficient (Wildman–Crippen LogP) is 2.33. The number of carbonyl (C=O) groups excluding carboxylic acids is 1. The summed E-state index contributed by atoms with van der Waals surface area (Å²) in [7, 11) is 0. The van der Waals surface area contributed by atoms with Gasteiger partial charge in [-0.05, 0) is 38.3 Å².